The van der Waals surface area contributed by atoms with Crippen molar-refractivity contribution in [2.45, 2.75) is 38.1 Å². The summed E-state index contributed by atoms with van der Waals surface area (Å²) in [7, 11) is 0. The van der Waals surface area contributed by atoms with Gasteiger partial charge in [0.15, 0.2) is 0 Å². The second kappa shape index (κ2) is 8.81. The predicted octanol–water partition coefficient (Wildman–Crippen LogP) is 1.94. The number of amides is 2. The van der Waals surface area contributed by atoms with Gasteiger partial charge in [-0.3, -0.25) is 9.59 Å². The summed E-state index contributed by atoms with van der Waals surface area (Å²) in [6.45, 7) is 2.78. The molecule has 9 heteroatoms. The van der Waals surface area contributed by atoms with Gasteiger partial charge in [0.1, 0.15) is 5.75 Å². The second-order valence-electron chi connectivity index (χ2n) is 7.06. The number of nitrogens with zero attached hydrogens (tertiary/aromatic N) is 2. The minimum Gasteiger partial charge on any atom is -0.406 e. The first-order valence-corrected chi connectivity index (χ1v) is 9.45. The fraction of sp³-hybridized carbons (Fsp3) is 0.579. The van der Waals surface area contributed by atoms with E-state index in [4.69, 9.17) is 0 Å². The van der Waals surface area contributed by atoms with Crippen LogP contribution in [-0.2, 0) is 16.0 Å². The highest BCUT2D eigenvalue weighted by Gasteiger charge is 2.33. The number of para-hydroxylation sites is 1. The van der Waals surface area contributed by atoms with Crippen LogP contribution >= 0.6 is 0 Å². The Bertz CT molecular complexity index is 711. The van der Waals surface area contributed by atoms with Gasteiger partial charge < -0.3 is 19.9 Å². The third-order valence-corrected chi connectivity index (χ3v) is 5.12. The molecule has 2 fully saturated rings. The van der Waals surface area contributed by atoms with Gasteiger partial charge in [-0.25, -0.2) is 0 Å². The molecule has 0 aliphatic carbocycles. The number of benzene rings is 1. The highest BCUT2D eigenvalue weighted by molar-refractivity contribution is 5.80. The van der Waals surface area contributed by atoms with E-state index in [0.29, 0.717) is 31.7 Å². The van der Waals surface area contributed by atoms with E-state index in [1.54, 1.807) is 11.0 Å². The molecule has 2 amide bonds. The molecule has 0 radical (unpaired) electrons. The van der Waals surface area contributed by atoms with Gasteiger partial charge in [-0.15, -0.1) is 13.2 Å². The lowest BCUT2D eigenvalue weighted by molar-refractivity contribution is -0.274. The number of aryl methyl sites for hydroxylation is 1. The Hall–Kier alpha value is -2.29. The Morgan fingerprint density at radius 1 is 1.25 bits per heavy atom. The summed E-state index contributed by atoms with van der Waals surface area (Å²) in [6.07, 6.45) is -2.84. The van der Waals surface area contributed by atoms with Crippen molar-refractivity contribution in [1.82, 2.24) is 15.1 Å². The Balaban J connectivity index is 1.57. The van der Waals surface area contributed by atoms with Crippen LogP contribution in [0.2, 0.25) is 0 Å². The number of likely N-dealkylation sites (tertiary alicyclic amines) is 1. The molecule has 2 aliphatic heterocycles. The average Bonchev–Trinajstić information content (AvgIpc) is 2.66. The van der Waals surface area contributed by atoms with Crippen LogP contribution in [0.4, 0.5) is 13.2 Å². The topological polar surface area (TPSA) is 61.9 Å². The van der Waals surface area contributed by atoms with Crippen molar-refractivity contribution < 1.29 is 27.5 Å². The molecule has 154 valence electrons. The van der Waals surface area contributed by atoms with E-state index in [-0.39, 0.29) is 36.4 Å². The summed E-state index contributed by atoms with van der Waals surface area (Å²) in [4.78, 5) is 28.3. The standard InChI is InChI=1S/C19H24F3N3O3/c20-19(21,22)28-16-6-2-1-4-14(16)7-8-17(26)24-10-3-5-15(13-24)25-11-9-23-12-18(25)27/h1-2,4,6,15,23H,3,5,7-13H2. The van der Waals surface area contributed by atoms with Gasteiger partial charge in [-0.1, -0.05) is 18.2 Å². The van der Waals surface area contributed by atoms with Crippen LogP contribution in [-0.4, -0.2) is 66.7 Å². The lowest BCUT2D eigenvalue weighted by Crippen LogP contribution is -2.57. The van der Waals surface area contributed by atoms with Crippen LogP contribution in [0.25, 0.3) is 0 Å². The molecule has 0 aromatic heterocycles. The normalized spacial score (nSPS) is 21.0. The minimum absolute atomic E-state index is 0.00755. The van der Waals surface area contributed by atoms with Crippen LogP contribution in [0.15, 0.2) is 24.3 Å². The van der Waals surface area contributed by atoms with E-state index in [1.807, 2.05) is 4.90 Å². The number of ether oxygens (including phenoxy) is 1. The molecule has 1 aromatic carbocycles. The molecule has 28 heavy (non-hydrogen) atoms. The fourth-order valence-corrected chi connectivity index (χ4v) is 3.78. The van der Waals surface area contributed by atoms with Crippen LogP contribution in [0.5, 0.6) is 5.75 Å². The van der Waals surface area contributed by atoms with Gasteiger partial charge in [0.25, 0.3) is 0 Å². The quantitative estimate of drug-likeness (QED) is 0.822. The molecule has 2 heterocycles. The largest absolute Gasteiger partial charge is 0.573 e. The zero-order valence-electron chi connectivity index (χ0n) is 15.5. The maximum absolute atomic E-state index is 12.6. The summed E-state index contributed by atoms with van der Waals surface area (Å²) < 4.78 is 41.6. The van der Waals surface area contributed by atoms with Gasteiger partial charge >= 0.3 is 6.36 Å². The number of halogens is 3. The molecule has 1 N–H and O–H groups in total. The number of alkyl halides is 3. The zero-order chi connectivity index (χ0) is 20.1. The van der Waals surface area contributed by atoms with E-state index < -0.39 is 6.36 Å². The number of carbonyl (C=O) groups excluding carboxylic acids is 2. The number of nitrogens with one attached hydrogen (secondary N) is 1. The molecule has 0 spiro atoms. The first kappa shape index (κ1) is 20.4. The summed E-state index contributed by atoms with van der Waals surface area (Å²) in [5.74, 6) is -0.344. The molecule has 0 saturated carbocycles. The number of rotatable bonds is 5. The van der Waals surface area contributed by atoms with Crippen molar-refractivity contribution >= 4 is 11.8 Å². The predicted molar refractivity (Wildman–Crippen MR) is 95.6 cm³/mol. The summed E-state index contributed by atoms with van der Waals surface area (Å²) in [6, 6.07) is 5.88. The van der Waals surface area contributed by atoms with Crippen molar-refractivity contribution in [3.63, 3.8) is 0 Å². The molecular formula is C19H24F3N3O3. The average molecular weight is 399 g/mol. The molecule has 6 nitrogen and oxygen atoms in total. The van der Waals surface area contributed by atoms with Gasteiger partial charge in [0.2, 0.25) is 11.8 Å². The van der Waals surface area contributed by atoms with E-state index in [1.165, 1.54) is 18.2 Å². The summed E-state index contributed by atoms with van der Waals surface area (Å²) in [5, 5.41) is 3.03. The first-order chi connectivity index (χ1) is 13.3. The number of hydrogen-bond donors (Lipinski definition) is 1. The van der Waals surface area contributed by atoms with Crippen LogP contribution in [0.3, 0.4) is 0 Å². The lowest BCUT2D eigenvalue weighted by atomic mass is 10.0. The van der Waals surface area contributed by atoms with Gasteiger partial charge in [-0.2, -0.15) is 0 Å². The maximum Gasteiger partial charge on any atom is 0.573 e. The third kappa shape index (κ3) is 5.37. The fourth-order valence-electron chi connectivity index (χ4n) is 3.78. The van der Waals surface area contributed by atoms with Crippen molar-refractivity contribution in [2.75, 3.05) is 32.7 Å². The molecule has 1 aromatic rings. The zero-order valence-corrected chi connectivity index (χ0v) is 15.5. The molecule has 2 aliphatic rings. The van der Waals surface area contributed by atoms with Gasteiger partial charge in [0, 0.05) is 38.6 Å². The van der Waals surface area contributed by atoms with Crippen LogP contribution in [0, 0.1) is 0 Å². The highest BCUT2D eigenvalue weighted by atomic mass is 19.4. The monoisotopic (exact) mass is 399 g/mol. The molecule has 1 unspecified atom stereocenters. The van der Waals surface area contributed by atoms with E-state index in [0.717, 1.165) is 19.4 Å². The summed E-state index contributed by atoms with van der Waals surface area (Å²) >= 11 is 0. The number of piperidine rings is 1. The van der Waals surface area contributed by atoms with E-state index in [9.17, 15) is 22.8 Å². The van der Waals surface area contributed by atoms with Crippen molar-refractivity contribution in [1.29, 1.82) is 0 Å². The van der Waals surface area contributed by atoms with Crippen molar-refractivity contribution in [3.05, 3.63) is 29.8 Å². The smallest absolute Gasteiger partial charge is 0.406 e. The highest BCUT2D eigenvalue weighted by Crippen LogP contribution is 2.27. The van der Waals surface area contributed by atoms with E-state index in [2.05, 4.69) is 10.1 Å². The van der Waals surface area contributed by atoms with Gasteiger partial charge in [0.05, 0.1) is 6.54 Å². The van der Waals surface area contributed by atoms with Crippen molar-refractivity contribution in [3.8, 4) is 5.75 Å². The second-order valence-corrected chi connectivity index (χ2v) is 7.06. The molecule has 0 bridgehead atoms. The minimum atomic E-state index is -4.77. The van der Waals surface area contributed by atoms with Crippen molar-refractivity contribution in [2.24, 2.45) is 0 Å². The van der Waals surface area contributed by atoms with Crippen LogP contribution in [0.1, 0.15) is 24.8 Å². The van der Waals surface area contributed by atoms with Crippen LogP contribution < -0.4 is 10.1 Å². The molecule has 3 rings (SSSR count). The first-order valence-electron chi connectivity index (χ1n) is 9.45. The number of carbonyl (C=O) groups is 2. The number of hydrogen-bond acceptors (Lipinski definition) is 4. The molecular weight excluding hydrogens is 375 g/mol. The Labute approximate surface area is 161 Å². The maximum atomic E-state index is 12.6. The summed E-state index contributed by atoms with van der Waals surface area (Å²) in [5.41, 5.74) is 0.346. The van der Waals surface area contributed by atoms with E-state index >= 15 is 0 Å². The SMILES string of the molecule is O=C(CCc1ccccc1OC(F)(F)F)N1CCCC(N2CCNCC2=O)C1. The molecule has 1 atom stereocenters. The lowest BCUT2D eigenvalue weighted by Gasteiger charge is -2.41. The Morgan fingerprint density at radius 2 is 2.04 bits per heavy atom. The third-order valence-electron chi connectivity index (χ3n) is 5.12. The Morgan fingerprint density at radius 3 is 2.79 bits per heavy atom. The Kier molecular flexibility index (Phi) is 6.43. The molecule has 2 saturated heterocycles. The number of piperazine rings is 1. The van der Waals surface area contributed by atoms with Gasteiger partial charge in [-0.05, 0) is 30.9 Å².